The number of azide groups is 1. The fourth-order valence-corrected chi connectivity index (χ4v) is 3.56. The van der Waals surface area contributed by atoms with Gasteiger partial charge in [0.25, 0.3) is 0 Å². The van der Waals surface area contributed by atoms with Gasteiger partial charge in [0.15, 0.2) is 0 Å². The second-order valence-corrected chi connectivity index (χ2v) is 6.28. The Balaban J connectivity index is 1.61. The molecule has 27 heavy (non-hydrogen) atoms. The van der Waals surface area contributed by atoms with Crippen LogP contribution in [0.3, 0.4) is 0 Å². The Morgan fingerprint density at radius 1 is 1.37 bits per heavy atom. The first-order valence-corrected chi connectivity index (χ1v) is 8.53. The Hall–Kier alpha value is -3.36. The normalized spacial score (nSPS) is 20.4. The second kappa shape index (κ2) is 7.10. The number of hydrogen-bond donors (Lipinski definition) is 0. The maximum absolute atomic E-state index is 12.8. The monoisotopic (exact) mass is 367 g/mol. The van der Waals surface area contributed by atoms with Gasteiger partial charge in [0.2, 0.25) is 0 Å². The molecule has 2 bridgehead atoms. The molecule has 0 spiro atoms. The average molecular weight is 367 g/mol. The molecule has 138 valence electrons. The molecule has 3 heterocycles. The SMILES string of the molecule is [N-]=[N+]=NCCn1ncc2c1[C@@H](C=O)N1C[C@@H]2N(OCc2ccccc2)C1=O. The quantitative estimate of drug-likeness (QED) is 0.323. The lowest BCUT2D eigenvalue weighted by Gasteiger charge is -2.27. The third kappa shape index (κ3) is 2.90. The summed E-state index contributed by atoms with van der Waals surface area (Å²) in [5.74, 6) is 0. The van der Waals surface area contributed by atoms with Crippen LogP contribution < -0.4 is 0 Å². The molecule has 0 radical (unpaired) electrons. The Labute approximate surface area is 154 Å². The van der Waals surface area contributed by atoms with Crippen LogP contribution in [0.15, 0.2) is 41.6 Å². The van der Waals surface area contributed by atoms with Crippen LogP contribution in [0.25, 0.3) is 10.4 Å². The number of urea groups is 1. The molecular weight excluding hydrogens is 350 g/mol. The first kappa shape index (κ1) is 17.1. The maximum atomic E-state index is 12.8. The van der Waals surface area contributed by atoms with Gasteiger partial charge in [0, 0.05) is 23.6 Å². The van der Waals surface area contributed by atoms with E-state index in [0.29, 0.717) is 18.8 Å². The number of rotatable bonds is 7. The van der Waals surface area contributed by atoms with Gasteiger partial charge in [-0.15, -0.1) is 0 Å². The lowest BCUT2D eigenvalue weighted by atomic mass is 9.99. The van der Waals surface area contributed by atoms with Crippen molar-refractivity contribution in [2.45, 2.75) is 25.2 Å². The van der Waals surface area contributed by atoms with Crippen molar-refractivity contribution in [1.29, 1.82) is 0 Å². The minimum Gasteiger partial charge on any atom is -0.305 e. The number of carbonyl (C=O) groups excluding carboxylic acids is 2. The van der Waals surface area contributed by atoms with Crippen molar-refractivity contribution in [2.75, 3.05) is 13.1 Å². The van der Waals surface area contributed by atoms with Crippen LogP contribution >= 0.6 is 0 Å². The summed E-state index contributed by atoms with van der Waals surface area (Å²) in [7, 11) is 0. The largest absolute Gasteiger partial charge is 0.345 e. The van der Waals surface area contributed by atoms with E-state index in [1.54, 1.807) is 10.9 Å². The first-order valence-electron chi connectivity index (χ1n) is 8.53. The van der Waals surface area contributed by atoms with Crippen molar-refractivity contribution in [2.24, 2.45) is 5.11 Å². The fourth-order valence-electron chi connectivity index (χ4n) is 3.56. The number of benzene rings is 1. The molecular formula is C17H17N7O3. The number of aldehydes is 1. The second-order valence-electron chi connectivity index (χ2n) is 6.28. The summed E-state index contributed by atoms with van der Waals surface area (Å²) in [6.45, 7) is 1.17. The van der Waals surface area contributed by atoms with Crippen molar-refractivity contribution < 1.29 is 14.4 Å². The maximum Gasteiger partial charge on any atom is 0.345 e. The third-order valence-corrected chi connectivity index (χ3v) is 4.79. The van der Waals surface area contributed by atoms with E-state index in [4.69, 9.17) is 10.4 Å². The zero-order chi connectivity index (χ0) is 18.8. The predicted molar refractivity (Wildman–Crippen MR) is 93.0 cm³/mol. The van der Waals surface area contributed by atoms with Gasteiger partial charge in [-0.05, 0) is 11.1 Å². The molecule has 1 aromatic heterocycles. The molecule has 2 aromatic rings. The van der Waals surface area contributed by atoms with Crippen molar-refractivity contribution in [3.63, 3.8) is 0 Å². The number of aromatic nitrogens is 2. The summed E-state index contributed by atoms with van der Waals surface area (Å²) >= 11 is 0. The van der Waals surface area contributed by atoms with E-state index in [0.717, 1.165) is 17.4 Å². The standard InChI is InChI=1S/C17H17N7O3/c18-21-19-6-7-23-16-13(8-20-23)14-9-22(15(16)10-25)17(26)24(14)27-11-12-4-2-1-3-5-12/h1-5,8,10,14-15H,6-7,9,11H2/t14-,15+/m0/s1. The molecule has 10 heteroatoms. The van der Waals surface area contributed by atoms with Crippen molar-refractivity contribution >= 4 is 12.3 Å². The minimum absolute atomic E-state index is 0.211. The van der Waals surface area contributed by atoms with Gasteiger partial charge in [0.05, 0.1) is 18.4 Å². The summed E-state index contributed by atoms with van der Waals surface area (Å²) < 4.78 is 1.62. The number of hydrogen-bond acceptors (Lipinski definition) is 5. The van der Waals surface area contributed by atoms with Gasteiger partial charge in [-0.2, -0.15) is 10.2 Å². The Bertz CT molecular complexity index is 907. The highest BCUT2D eigenvalue weighted by Crippen LogP contribution is 2.43. The zero-order valence-corrected chi connectivity index (χ0v) is 14.4. The third-order valence-electron chi connectivity index (χ3n) is 4.79. The zero-order valence-electron chi connectivity index (χ0n) is 14.4. The molecule has 10 nitrogen and oxygen atoms in total. The Morgan fingerprint density at radius 2 is 2.19 bits per heavy atom. The molecule has 2 amide bonds. The van der Waals surface area contributed by atoms with Crippen LogP contribution in [-0.2, 0) is 22.8 Å². The summed E-state index contributed by atoms with van der Waals surface area (Å²) in [6.07, 6.45) is 2.39. The van der Waals surface area contributed by atoms with E-state index in [9.17, 15) is 9.59 Å². The minimum atomic E-state index is -0.734. The molecule has 1 saturated heterocycles. The van der Waals surface area contributed by atoms with E-state index in [1.165, 1.54) is 9.96 Å². The molecule has 2 aliphatic heterocycles. The number of carbonyl (C=O) groups is 2. The fraction of sp³-hybridized carbons (Fsp3) is 0.353. The first-order chi connectivity index (χ1) is 13.2. The van der Waals surface area contributed by atoms with Gasteiger partial charge >= 0.3 is 6.03 Å². The van der Waals surface area contributed by atoms with E-state index in [1.807, 2.05) is 30.3 Å². The highest BCUT2D eigenvalue weighted by atomic mass is 16.7. The summed E-state index contributed by atoms with van der Waals surface area (Å²) in [5, 5.41) is 9.16. The Kier molecular flexibility index (Phi) is 4.49. The van der Waals surface area contributed by atoms with Crippen LogP contribution in [0, 0.1) is 0 Å². The summed E-state index contributed by atoms with van der Waals surface area (Å²) in [6, 6.07) is 8.14. The number of amides is 2. The van der Waals surface area contributed by atoms with Gasteiger partial charge in [-0.25, -0.2) is 4.79 Å². The highest BCUT2D eigenvalue weighted by Gasteiger charge is 2.50. The topological polar surface area (TPSA) is 116 Å². The van der Waals surface area contributed by atoms with Crippen molar-refractivity contribution in [1.82, 2.24) is 19.7 Å². The number of nitrogens with zero attached hydrogens (tertiary/aromatic N) is 7. The van der Waals surface area contributed by atoms with Crippen LogP contribution in [0.4, 0.5) is 4.79 Å². The molecule has 0 N–H and O–H groups in total. The molecule has 4 rings (SSSR count). The number of fused-ring (bicyclic) bond motifs is 4. The smallest absolute Gasteiger partial charge is 0.305 e. The van der Waals surface area contributed by atoms with Crippen LogP contribution in [0.2, 0.25) is 0 Å². The Morgan fingerprint density at radius 3 is 2.93 bits per heavy atom. The molecule has 0 saturated carbocycles. The summed E-state index contributed by atoms with van der Waals surface area (Å²) in [5.41, 5.74) is 10.8. The van der Waals surface area contributed by atoms with Crippen molar-refractivity contribution in [3.05, 3.63) is 63.8 Å². The van der Waals surface area contributed by atoms with Gasteiger partial charge in [-0.3, -0.25) is 9.52 Å². The van der Waals surface area contributed by atoms with Crippen LogP contribution in [0.1, 0.15) is 28.9 Å². The van der Waals surface area contributed by atoms with E-state index < -0.39 is 6.04 Å². The van der Waals surface area contributed by atoms with Crippen LogP contribution in [0.5, 0.6) is 0 Å². The van der Waals surface area contributed by atoms with Crippen molar-refractivity contribution in [3.8, 4) is 0 Å². The van der Waals surface area contributed by atoms with Gasteiger partial charge in [-0.1, -0.05) is 35.4 Å². The van der Waals surface area contributed by atoms with E-state index in [2.05, 4.69) is 15.1 Å². The van der Waals surface area contributed by atoms with Gasteiger partial charge in [0.1, 0.15) is 25.0 Å². The van der Waals surface area contributed by atoms with Crippen LogP contribution in [-0.4, -0.2) is 45.2 Å². The average Bonchev–Trinajstić information content (AvgIpc) is 3.23. The van der Waals surface area contributed by atoms with E-state index in [-0.39, 0.29) is 25.2 Å². The molecule has 2 atom stereocenters. The lowest BCUT2D eigenvalue weighted by molar-refractivity contribution is -0.141. The van der Waals surface area contributed by atoms with Gasteiger partial charge < -0.3 is 9.69 Å². The molecule has 1 fully saturated rings. The molecule has 2 aliphatic rings. The van der Waals surface area contributed by atoms with E-state index >= 15 is 0 Å². The molecule has 0 aliphatic carbocycles. The lowest BCUT2D eigenvalue weighted by Crippen LogP contribution is -2.36. The summed E-state index contributed by atoms with van der Waals surface area (Å²) in [4.78, 5) is 34.5. The molecule has 0 unspecified atom stereocenters. The molecule has 1 aromatic carbocycles. The highest BCUT2D eigenvalue weighted by molar-refractivity contribution is 5.82. The number of hydroxylamine groups is 2. The predicted octanol–water partition coefficient (Wildman–Crippen LogP) is 2.36.